The van der Waals surface area contributed by atoms with Crippen molar-refractivity contribution < 1.29 is 23.8 Å². The number of hydrogen-bond acceptors (Lipinski definition) is 5. The van der Waals surface area contributed by atoms with Crippen LogP contribution in [0.5, 0.6) is 11.5 Å². The van der Waals surface area contributed by atoms with Gasteiger partial charge in [-0.05, 0) is 51.5 Å². The minimum Gasteiger partial charge on any atom is -0.493 e. The van der Waals surface area contributed by atoms with Crippen LogP contribution in [-0.4, -0.2) is 67.3 Å². The fourth-order valence-corrected chi connectivity index (χ4v) is 3.10. The predicted octanol–water partition coefficient (Wildman–Crippen LogP) is 3.84. The molecule has 1 aliphatic heterocycles. The van der Waals surface area contributed by atoms with Gasteiger partial charge in [0.05, 0.1) is 18.7 Å². The van der Waals surface area contributed by atoms with Gasteiger partial charge in [0, 0.05) is 32.3 Å². The van der Waals surface area contributed by atoms with Crippen LogP contribution in [0.15, 0.2) is 18.2 Å². The van der Waals surface area contributed by atoms with Crippen molar-refractivity contribution in [2.24, 2.45) is 0 Å². The van der Waals surface area contributed by atoms with Crippen molar-refractivity contribution >= 4 is 29.7 Å². The maximum atomic E-state index is 12.5. The summed E-state index contributed by atoms with van der Waals surface area (Å²) in [5.41, 5.74) is 0.198. The first-order valence-corrected chi connectivity index (χ1v) is 9.97. The third-order valence-electron chi connectivity index (χ3n) is 4.20. The van der Waals surface area contributed by atoms with Crippen molar-refractivity contribution in [3.05, 3.63) is 28.8 Å². The largest absolute Gasteiger partial charge is 0.493 e. The number of amides is 2. The number of hydrogen-bond donors (Lipinski definition) is 0. The zero-order chi connectivity index (χ0) is 21.6. The molecule has 0 N–H and O–H groups in total. The molecule has 1 aliphatic rings. The van der Waals surface area contributed by atoms with E-state index >= 15 is 0 Å². The summed E-state index contributed by atoms with van der Waals surface area (Å²) in [5.74, 6) is 0.869. The molecule has 2 amide bonds. The molecule has 0 aromatic heterocycles. The highest BCUT2D eigenvalue weighted by Crippen LogP contribution is 2.36. The highest BCUT2D eigenvalue weighted by atomic mass is 35.5. The number of rotatable bonds is 5. The van der Waals surface area contributed by atoms with Crippen LogP contribution < -0.4 is 9.47 Å². The molecule has 7 nitrogen and oxygen atoms in total. The van der Waals surface area contributed by atoms with E-state index in [-0.39, 0.29) is 12.0 Å². The molecule has 1 aromatic carbocycles. The first-order valence-electron chi connectivity index (χ1n) is 9.60. The summed E-state index contributed by atoms with van der Waals surface area (Å²) in [6.45, 7) is 9.62. The Morgan fingerprint density at radius 3 is 2.31 bits per heavy atom. The third kappa shape index (κ3) is 6.56. The summed E-state index contributed by atoms with van der Waals surface area (Å²) in [6.07, 6.45) is 2.83. The molecule has 0 unspecified atom stereocenters. The Morgan fingerprint density at radius 1 is 1.14 bits per heavy atom. The van der Waals surface area contributed by atoms with Crippen LogP contribution in [0.3, 0.4) is 0 Å². The summed E-state index contributed by atoms with van der Waals surface area (Å²) < 4.78 is 16.2. The number of methoxy groups -OCH3 is 1. The van der Waals surface area contributed by atoms with Gasteiger partial charge in [0.25, 0.3) is 0 Å². The van der Waals surface area contributed by atoms with E-state index in [0.29, 0.717) is 49.3 Å². The van der Waals surface area contributed by atoms with Crippen molar-refractivity contribution in [1.82, 2.24) is 9.80 Å². The van der Waals surface area contributed by atoms with E-state index in [4.69, 9.17) is 25.8 Å². The first-order chi connectivity index (χ1) is 13.6. The lowest BCUT2D eigenvalue weighted by Gasteiger charge is -2.35. The topological polar surface area (TPSA) is 68.3 Å². The maximum Gasteiger partial charge on any atom is 0.410 e. The lowest BCUT2D eigenvalue weighted by molar-refractivity contribution is -0.127. The van der Waals surface area contributed by atoms with Gasteiger partial charge in [-0.2, -0.15) is 0 Å². The molecule has 1 aromatic rings. The van der Waals surface area contributed by atoms with E-state index in [0.717, 1.165) is 5.56 Å². The molecule has 0 radical (unpaired) electrons. The standard InChI is InChI=1S/C21H29ClN2O5/c1-6-28-19-16(22)13-15(14-17(19)27-5)7-8-18(25)23-9-11-24(12-10-23)20(26)29-21(2,3)4/h7-8,13-14H,6,9-12H2,1-5H3/b8-7+. The molecule has 160 valence electrons. The van der Waals surface area contributed by atoms with Gasteiger partial charge >= 0.3 is 6.09 Å². The Kier molecular flexibility index (Phi) is 7.79. The van der Waals surface area contributed by atoms with Crippen molar-refractivity contribution in [3.8, 4) is 11.5 Å². The molecule has 0 atom stereocenters. The van der Waals surface area contributed by atoms with E-state index in [1.165, 1.54) is 13.2 Å². The summed E-state index contributed by atoms with van der Waals surface area (Å²) >= 11 is 6.26. The number of nitrogens with zero attached hydrogens (tertiary/aromatic N) is 2. The summed E-state index contributed by atoms with van der Waals surface area (Å²) in [4.78, 5) is 27.9. The van der Waals surface area contributed by atoms with Gasteiger partial charge in [-0.15, -0.1) is 0 Å². The van der Waals surface area contributed by atoms with Crippen molar-refractivity contribution in [1.29, 1.82) is 0 Å². The molecule has 0 spiro atoms. The fourth-order valence-electron chi connectivity index (χ4n) is 2.83. The van der Waals surface area contributed by atoms with E-state index in [1.807, 2.05) is 27.7 Å². The summed E-state index contributed by atoms with van der Waals surface area (Å²) in [7, 11) is 1.54. The normalized spacial score (nSPS) is 14.8. The molecule has 0 saturated carbocycles. The Balaban J connectivity index is 1.97. The summed E-state index contributed by atoms with van der Waals surface area (Å²) in [5, 5.41) is 0.421. The number of carbonyl (C=O) groups excluding carboxylic acids is 2. The second-order valence-corrected chi connectivity index (χ2v) is 8.00. The molecule has 0 aliphatic carbocycles. The number of piperazine rings is 1. The number of ether oxygens (including phenoxy) is 3. The van der Waals surface area contributed by atoms with E-state index < -0.39 is 5.60 Å². The van der Waals surface area contributed by atoms with Gasteiger partial charge < -0.3 is 24.0 Å². The van der Waals surface area contributed by atoms with Crippen LogP contribution in [0.2, 0.25) is 5.02 Å². The average molecular weight is 425 g/mol. The van der Waals surface area contributed by atoms with Crippen molar-refractivity contribution in [3.63, 3.8) is 0 Å². The average Bonchev–Trinajstić information content (AvgIpc) is 2.66. The monoisotopic (exact) mass is 424 g/mol. The highest BCUT2D eigenvalue weighted by molar-refractivity contribution is 6.32. The Hall–Kier alpha value is -2.41. The highest BCUT2D eigenvalue weighted by Gasteiger charge is 2.27. The van der Waals surface area contributed by atoms with Gasteiger partial charge in [-0.25, -0.2) is 4.79 Å². The van der Waals surface area contributed by atoms with Gasteiger partial charge in [0.2, 0.25) is 5.91 Å². The van der Waals surface area contributed by atoms with Crippen LogP contribution in [0.4, 0.5) is 4.79 Å². The van der Waals surface area contributed by atoms with Crippen LogP contribution >= 0.6 is 11.6 Å². The zero-order valence-electron chi connectivity index (χ0n) is 17.7. The Bertz CT molecular complexity index is 765. The Labute approximate surface area is 177 Å². The quantitative estimate of drug-likeness (QED) is 0.672. The van der Waals surface area contributed by atoms with Crippen LogP contribution in [0.25, 0.3) is 6.08 Å². The molecular weight excluding hydrogens is 396 g/mol. The van der Waals surface area contributed by atoms with Gasteiger partial charge in [0.15, 0.2) is 11.5 Å². The minimum absolute atomic E-state index is 0.127. The second-order valence-electron chi connectivity index (χ2n) is 7.59. The first kappa shape index (κ1) is 22.9. The maximum absolute atomic E-state index is 12.5. The lowest BCUT2D eigenvalue weighted by Crippen LogP contribution is -2.51. The molecule has 1 heterocycles. The van der Waals surface area contributed by atoms with Crippen LogP contribution in [0.1, 0.15) is 33.3 Å². The van der Waals surface area contributed by atoms with Crippen LogP contribution in [0, 0.1) is 0 Å². The van der Waals surface area contributed by atoms with E-state index in [9.17, 15) is 9.59 Å². The van der Waals surface area contributed by atoms with Gasteiger partial charge in [-0.3, -0.25) is 4.79 Å². The SMILES string of the molecule is CCOc1c(Cl)cc(/C=C/C(=O)N2CCN(C(=O)OC(C)(C)C)CC2)cc1OC. The number of benzene rings is 1. The molecule has 0 bridgehead atoms. The van der Waals surface area contributed by atoms with Gasteiger partial charge in [-0.1, -0.05) is 11.6 Å². The zero-order valence-corrected chi connectivity index (χ0v) is 18.4. The molecule has 29 heavy (non-hydrogen) atoms. The third-order valence-corrected chi connectivity index (χ3v) is 4.48. The molecule has 8 heteroatoms. The molecule has 1 fully saturated rings. The second kappa shape index (κ2) is 9.87. The molecular formula is C21H29ClN2O5. The minimum atomic E-state index is -0.535. The van der Waals surface area contributed by atoms with Crippen molar-refractivity contribution in [2.75, 3.05) is 39.9 Å². The predicted molar refractivity (Wildman–Crippen MR) is 113 cm³/mol. The fraction of sp³-hybridized carbons (Fsp3) is 0.524. The van der Waals surface area contributed by atoms with E-state index in [2.05, 4.69) is 0 Å². The number of carbonyl (C=O) groups is 2. The van der Waals surface area contributed by atoms with Crippen molar-refractivity contribution in [2.45, 2.75) is 33.3 Å². The van der Waals surface area contributed by atoms with E-state index in [1.54, 1.807) is 28.0 Å². The van der Waals surface area contributed by atoms with Crippen LogP contribution in [-0.2, 0) is 9.53 Å². The summed E-state index contributed by atoms with van der Waals surface area (Å²) in [6, 6.07) is 3.49. The smallest absolute Gasteiger partial charge is 0.410 e. The number of halogens is 1. The van der Waals surface area contributed by atoms with Gasteiger partial charge in [0.1, 0.15) is 5.60 Å². The Morgan fingerprint density at radius 2 is 1.76 bits per heavy atom. The lowest BCUT2D eigenvalue weighted by atomic mass is 10.1. The molecule has 1 saturated heterocycles. The molecule has 2 rings (SSSR count).